The van der Waals surface area contributed by atoms with Gasteiger partial charge in [-0.15, -0.1) is 0 Å². The average molecular weight is 196 g/mol. The summed E-state index contributed by atoms with van der Waals surface area (Å²) < 4.78 is 0. The molecule has 0 aliphatic heterocycles. The van der Waals surface area contributed by atoms with Crippen LogP contribution in [0.25, 0.3) is 0 Å². The molecule has 1 aliphatic carbocycles. The Hall–Kier alpha value is 0. The third-order valence-corrected chi connectivity index (χ3v) is 4.27. The molecule has 0 amide bonds. The zero-order valence-electron chi connectivity index (χ0n) is 10.4. The molecule has 0 aromatic rings. The van der Waals surface area contributed by atoms with Crippen molar-refractivity contribution < 1.29 is 0 Å². The first-order valence-corrected chi connectivity index (χ1v) is 6.74. The lowest BCUT2D eigenvalue weighted by Crippen LogP contribution is -2.16. The molecule has 0 N–H and O–H groups in total. The molecule has 0 heterocycles. The van der Waals surface area contributed by atoms with Gasteiger partial charge >= 0.3 is 0 Å². The van der Waals surface area contributed by atoms with E-state index in [9.17, 15) is 0 Å². The van der Waals surface area contributed by atoms with Crippen LogP contribution in [-0.4, -0.2) is 0 Å². The van der Waals surface area contributed by atoms with Gasteiger partial charge in [-0.05, 0) is 17.8 Å². The fourth-order valence-electron chi connectivity index (χ4n) is 2.69. The number of hydrogen-bond acceptors (Lipinski definition) is 0. The second kappa shape index (κ2) is 6.48. The van der Waals surface area contributed by atoms with E-state index >= 15 is 0 Å². The Morgan fingerprint density at radius 2 is 1.64 bits per heavy atom. The quantitative estimate of drug-likeness (QED) is 0.578. The summed E-state index contributed by atoms with van der Waals surface area (Å²) in [6.07, 6.45) is 11.8. The monoisotopic (exact) mass is 196 g/mol. The van der Waals surface area contributed by atoms with Crippen molar-refractivity contribution in [1.82, 2.24) is 0 Å². The summed E-state index contributed by atoms with van der Waals surface area (Å²) in [5.41, 5.74) is 0. The van der Waals surface area contributed by atoms with Crippen LogP contribution in [0.1, 0.15) is 72.1 Å². The Morgan fingerprint density at radius 3 is 2.21 bits per heavy atom. The maximum Gasteiger partial charge on any atom is -0.0388 e. The van der Waals surface area contributed by atoms with Crippen molar-refractivity contribution in [3.63, 3.8) is 0 Å². The molecule has 2 atom stereocenters. The molecule has 84 valence electrons. The molecule has 0 radical (unpaired) electrons. The van der Waals surface area contributed by atoms with E-state index in [2.05, 4.69) is 20.8 Å². The normalized spacial score (nSPS) is 23.4. The minimum Gasteiger partial charge on any atom is -0.0651 e. The van der Waals surface area contributed by atoms with Gasteiger partial charge in [0.05, 0.1) is 0 Å². The fraction of sp³-hybridized carbons (Fsp3) is 1.00. The predicted octanol–water partition coefficient (Wildman–Crippen LogP) is 5.03. The summed E-state index contributed by atoms with van der Waals surface area (Å²) in [4.78, 5) is 0. The van der Waals surface area contributed by atoms with Crippen molar-refractivity contribution in [2.75, 3.05) is 0 Å². The minimum atomic E-state index is 0.945. The van der Waals surface area contributed by atoms with Crippen LogP contribution in [0, 0.1) is 17.8 Å². The zero-order valence-corrected chi connectivity index (χ0v) is 10.4. The highest BCUT2D eigenvalue weighted by molar-refractivity contribution is 4.71. The zero-order chi connectivity index (χ0) is 10.4. The highest BCUT2D eigenvalue weighted by Crippen LogP contribution is 2.32. The molecule has 14 heavy (non-hydrogen) atoms. The van der Waals surface area contributed by atoms with Gasteiger partial charge in [-0.2, -0.15) is 0 Å². The van der Waals surface area contributed by atoms with Crippen LogP contribution in [0.5, 0.6) is 0 Å². The Balaban J connectivity index is 2.16. The molecule has 1 fully saturated rings. The molecule has 0 spiro atoms. The van der Waals surface area contributed by atoms with Crippen molar-refractivity contribution in [1.29, 1.82) is 0 Å². The van der Waals surface area contributed by atoms with Crippen LogP contribution in [0.3, 0.4) is 0 Å². The maximum absolute atomic E-state index is 2.48. The van der Waals surface area contributed by atoms with Crippen molar-refractivity contribution in [2.24, 2.45) is 17.8 Å². The Kier molecular flexibility index (Phi) is 5.59. The second-order valence-corrected chi connectivity index (χ2v) is 5.47. The first-order valence-electron chi connectivity index (χ1n) is 6.74. The highest BCUT2D eigenvalue weighted by atomic mass is 14.3. The van der Waals surface area contributed by atoms with E-state index in [1.807, 2.05) is 0 Å². The lowest BCUT2D eigenvalue weighted by Gasteiger charge is -2.28. The van der Waals surface area contributed by atoms with Gasteiger partial charge in [0, 0.05) is 0 Å². The summed E-state index contributed by atoms with van der Waals surface area (Å²) in [5.74, 6) is 3.00. The summed E-state index contributed by atoms with van der Waals surface area (Å²) >= 11 is 0. The molecule has 0 bridgehead atoms. The first kappa shape index (κ1) is 12.1. The van der Waals surface area contributed by atoms with Gasteiger partial charge < -0.3 is 0 Å². The molecule has 0 nitrogen and oxygen atoms in total. The summed E-state index contributed by atoms with van der Waals surface area (Å²) in [7, 11) is 0. The summed E-state index contributed by atoms with van der Waals surface area (Å²) in [5, 5.41) is 0. The van der Waals surface area contributed by atoms with E-state index in [0.29, 0.717) is 0 Å². The third-order valence-electron chi connectivity index (χ3n) is 4.27. The maximum atomic E-state index is 2.48. The lowest BCUT2D eigenvalue weighted by molar-refractivity contribution is 0.240. The number of hydrogen-bond donors (Lipinski definition) is 0. The van der Waals surface area contributed by atoms with Crippen LogP contribution >= 0.6 is 0 Å². The van der Waals surface area contributed by atoms with Crippen LogP contribution < -0.4 is 0 Å². The molecule has 1 aliphatic rings. The molecule has 0 heteroatoms. The standard InChI is InChI=1S/C14H28/c1-4-12(2)10-11-13(3)14-8-6-5-7-9-14/h12-14H,4-11H2,1-3H3/t12-,13?/m1/s1. The van der Waals surface area contributed by atoms with E-state index < -0.39 is 0 Å². The molecule has 1 saturated carbocycles. The van der Waals surface area contributed by atoms with Crippen LogP contribution in [0.15, 0.2) is 0 Å². The average Bonchev–Trinajstić information content (AvgIpc) is 2.26. The molecule has 0 aromatic carbocycles. The minimum absolute atomic E-state index is 0.945. The summed E-state index contributed by atoms with van der Waals surface area (Å²) in [6.45, 7) is 7.20. The predicted molar refractivity (Wildman–Crippen MR) is 64.4 cm³/mol. The van der Waals surface area contributed by atoms with Gasteiger partial charge in [-0.3, -0.25) is 0 Å². The number of rotatable bonds is 5. The third kappa shape index (κ3) is 4.02. The first-order chi connectivity index (χ1) is 6.74. The largest absolute Gasteiger partial charge is 0.0651 e. The topological polar surface area (TPSA) is 0 Å². The van der Waals surface area contributed by atoms with Gasteiger partial charge in [-0.1, -0.05) is 72.1 Å². The van der Waals surface area contributed by atoms with Gasteiger partial charge in [0.2, 0.25) is 0 Å². The van der Waals surface area contributed by atoms with Gasteiger partial charge in [0.1, 0.15) is 0 Å². The smallest absolute Gasteiger partial charge is 0.0388 e. The van der Waals surface area contributed by atoms with Crippen LogP contribution in [0.2, 0.25) is 0 Å². The van der Waals surface area contributed by atoms with Gasteiger partial charge in [0.15, 0.2) is 0 Å². The van der Waals surface area contributed by atoms with E-state index in [1.165, 1.54) is 51.4 Å². The molecule has 0 aromatic heterocycles. The van der Waals surface area contributed by atoms with Crippen LogP contribution in [0.4, 0.5) is 0 Å². The van der Waals surface area contributed by atoms with Crippen molar-refractivity contribution >= 4 is 0 Å². The second-order valence-electron chi connectivity index (χ2n) is 5.47. The van der Waals surface area contributed by atoms with E-state index in [0.717, 1.165) is 17.8 Å². The Morgan fingerprint density at radius 1 is 1.00 bits per heavy atom. The SMILES string of the molecule is CC[C@@H](C)CCC(C)C1CCCCC1. The van der Waals surface area contributed by atoms with E-state index in [4.69, 9.17) is 0 Å². The van der Waals surface area contributed by atoms with E-state index in [1.54, 1.807) is 0 Å². The molecule has 1 unspecified atom stereocenters. The van der Waals surface area contributed by atoms with E-state index in [-0.39, 0.29) is 0 Å². The Labute approximate surface area is 90.5 Å². The van der Waals surface area contributed by atoms with Crippen LogP contribution in [-0.2, 0) is 0 Å². The summed E-state index contributed by atoms with van der Waals surface area (Å²) in [6, 6.07) is 0. The van der Waals surface area contributed by atoms with Gasteiger partial charge in [-0.25, -0.2) is 0 Å². The van der Waals surface area contributed by atoms with Gasteiger partial charge in [0.25, 0.3) is 0 Å². The Bertz CT molecular complexity index is 133. The molecule has 0 saturated heterocycles. The fourth-order valence-corrected chi connectivity index (χ4v) is 2.69. The lowest BCUT2D eigenvalue weighted by atomic mass is 9.78. The van der Waals surface area contributed by atoms with Crippen molar-refractivity contribution in [3.8, 4) is 0 Å². The molecular weight excluding hydrogens is 168 g/mol. The molecular formula is C14H28. The van der Waals surface area contributed by atoms with Crippen molar-refractivity contribution in [2.45, 2.75) is 72.1 Å². The van der Waals surface area contributed by atoms with Crippen molar-refractivity contribution in [3.05, 3.63) is 0 Å². The highest BCUT2D eigenvalue weighted by Gasteiger charge is 2.19. The molecule has 1 rings (SSSR count).